The number of aromatic nitrogens is 2. The van der Waals surface area contributed by atoms with Crippen molar-refractivity contribution in [2.24, 2.45) is 17.8 Å². The molecular formula is C28H28ClF2N5O3. The zero-order chi connectivity index (χ0) is 27.5. The quantitative estimate of drug-likeness (QED) is 0.317. The number of carbonyl (C=O) groups excluding carboxylic acids is 2. The molecule has 2 aromatic heterocycles. The van der Waals surface area contributed by atoms with Crippen LogP contribution >= 0.6 is 11.6 Å². The Balaban J connectivity index is 1.21. The summed E-state index contributed by atoms with van der Waals surface area (Å²) >= 11 is 6.32. The number of anilines is 1. The van der Waals surface area contributed by atoms with Gasteiger partial charge in [-0.2, -0.15) is 4.73 Å². The first kappa shape index (κ1) is 25.8. The van der Waals surface area contributed by atoms with Crippen LogP contribution in [0.3, 0.4) is 0 Å². The monoisotopic (exact) mass is 555 g/mol. The lowest BCUT2D eigenvalue weighted by atomic mass is 9.92. The fourth-order valence-corrected chi connectivity index (χ4v) is 6.47. The summed E-state index contributed by atoms with van der Waals surface area (Å²) in [6, 6.07) is 11.0. The van der Waals surface area contributed by atoms with E-state index < -0.39 is 41.5 Å². The predicted octanol–water partition coefficient (Wildman–Crippen LogP) is 3.88. The minimum absolute atomic E-state index is 0.187. The fourth-order valence-electron chi connectivity index (χ4n) is 6.17. The molecule has 1 aliphatic heterocycles. The Morgan fingerprint density at radius 3 is 2.59 bits per heavy atom. The number of pyridine rings is 1. The van der Waals surface area contributed by atoms with E-state index >= 15 is 0 Å². The van der Waals surface area contributed by atoms with Crippen molar-refractivity contribution >= 4 is 29.1 Å². The number of fused-ring (bicyclic) bond motifs is 2. The van der Waals surface area contributed by atoms with Crippen LogP contribution in [-0.4, -0.2) is 34.9 Å². The van der Waals surface area contributed by atoms with Gasteiger partial charge >= 0.3 is 0 Å². The molecule has 0 spiro atoms. The number of hydrogen-bond donors (Lipinski definition) is 3. The molecule has 8 nitrogen and oxygen atoms in total. The lowest BCUT2D eigenvalue weighted by molar-refractivity contribution is -0.611. The molecule has 3 aliphatic rings. The topological polar surface area (TPSA) is 102 Å². The molecule has 0 bridgehead atoms. The third-order valence-corrected chi connectivity index (χ3v) is 8.68. The second-order valence-corrected chi connectivity index (χ2v) is 11.0. The molecule has 2 amide bonds. The van der Waals surface area contributed by atoms with Gasteiger partial charge in [0.15, 0.2) is 11.9 Å². The van der Waals surface area contributed by atoms with Crippen molar-refractivity contribution in [2.75, 3.05) is 11.9 Å². The number of amides is 2. The molecule has 3 heterocycles. The molecule has 39 heavy (non-hydrogen) atoms. The third-order valence-electron chi connectivity index (χ3n) is 8.37. The van der Waals surface area contributed by atoms with E-state index in [1.807, 2.05) is 10.6 Å². The summed E-state index contributed by atoms with van der Waals surface area (Å²) in [5.41, 5.74) is 3.65. The van der Waals surface area contributed by atoms with Crippen molar-refractivity contribution in [2.45, 2.75) is 44.8 Å². The zero-order valence-corrected chi connectivity index (χ0v) is 22.0. The highest BCUT2D eigenvalue weighted by Crippen LogP contribution is 2.66. The molecule has 204 valence electrons. The molecule has 1 aromatic carbocycles. The molecule has 3 N–H and O–H groups in total. The Bertz CT molecular complexity index is 1440. The molecule has 3 aromatic rings. The van der Waals surface area contributed by atoms with Gasteiger partial charge in [-0.25, -0.2) is 8.78 Å². The van der Waals surface area contributed by atoms with E-state index in [2.05, 4.69) is 16.0 Å². The molecule has 0 radical (unpaired) electrons. The summed E-state index contributed by atoms with van der Waals surface area (Å²) in [7, 11) is 0. The molecule has 2 unspecified atom stereocenters. The first-order chi connectivity index (χ1) is 18.6. The van der Waals surface area contributed by atoms with Crippen LogP contribution in [-0.2, 0) is 17.9 Å². The van der Waals surface area contributed by atoms with Crippen LogP contribution in [0.1, 0.15) is 34.7 Å². The lowest BCUT2D eigenvalue weighted by Crippen LogP contribution is -2.49. The summed E-state index contributed by atoms with van der Waals surface area (Å²) in [5.74, 6) is -5.38. The molecule has 0 saturated heterocycles. The van der Waals surface area contributed by atoms with Gasteiger partial charge in [-0.05, 0) is 48.6 Å². The van der Waals surface area contributed by atoms with Crippen LogP contribution in [0.5, 0.6) is 0 Å². The summed E-state index contributed by atoms with van der Waals surface area (Å²) in [6.45, 7) is 3.68. The van der Waals surface area contributed by atoms with Crippen LogP contribution in [0.4, 0.5) is 14.5 Å². The Kier molecular flexibility index (Phi) is 6.34. The summed E-state index contributed by atoms with van der Waals surface area (Å²) in [4.78, 5) is 26.8. The van der Waals surface area contributed by atoms with Gasteiger partial charge in [0.05, 0.1) is 10.6 Å². The van der Waals surface area contributed by atoms with Crippen molar-refractivity contribution in [3.05, 3.63) is 76.0 Å². The van der Waals surface area contributed by atoms with E-state index in [1.54, 1.807) is 37.3 Å². The van der Waals surface area contributed by atoms with Gasteiger partial charge in [0.2, 0.25) is 5.91 Å². The van der Waals surface area contributed by atoms with Crippen LogP contribution in [0.15, 0.2) is 48.7 Å². The molecular weight excluding hydrogens is 528 g/mol. The first-order valence-corrected chi connectivity index (χ1v) is 13.4. The SMILES string of the molecule is Cc1c(-c2ccc(NC(=O)C(NC(=O)c3ccc4n3CCNC4)C3C[C@@H]4[C@H](C3)C4(F)F)cc2)c(Cl)cc[n+]1[O-]. The standard InChI is InChI=1S/C28H28ClF2N5O3/c1-15-24(22(29)8-10-36(15)39)16-2-4-18(5-3-16)33-27(38)25(17-12-20-21(13-17)28(20,30)31)34-26(37)23-7-6-19-14-32-9-11-35(19)23/h2-8,10,17,20-21,25,32H,9,11-14H2,1H3,(H,33,38)(H,34,37)/t17?,20-,21+,25?. The van der Waals surface area contributed by atoms with Gasteiger partial charge in [0.25, 0.3) is 11.8 Å². The maximum atomic E-state index is 13.9. The highest BCUT2D eigenvalue weighted by Gasteiger charge is 2.72. The number of benzene rings is 1. The Morgan fingerprint density at radius 1 is 1.15 bits per heavy atom. The highest BCUT2D eigenvalue weighted by atomic mass is 35.5. The van der Waals surface area contributed by atoms with Crippen LogP contribution in [0, 0.1) is 29.9 Å². The fraction of sp³-hybridized carbons (Fsp3) is 0.393. The lowest BCUT2D eigenvalue weighted by Gasteiger charge is -2.27. The largest absolute Gasteiger partial charge is 0.618 e. The Labute approximate surface area is 228 Å². The molecule has 2 aliphatic carbocycles. The van der Waals surface area contributed by atoms with Crippen LogP contribution in [0.25, 0.3) is 11.1 Å². The number of rotatable bonds is 6. The second kappa shape index (κ2) is 9.60. The van der Waals surface area contributed by atoms with Gasteiger partial charge < -0.3 is 25.7 Å². The minimum atomic E-state index is -2.68. The number of hydrogen-bond acceptors (Lipinski definition) is 4. The molecule has 2 saturated carbocycles. The van der Waals surface area contributed by atoms with E-state index in [9.17, 15) is 23.6 Å². The van der Waals surface area contributed by atoms with E-state index in [-0.39, 0.29) is 12.8 Å². The van der Waals surface area contributed by atoms with Crippen molar-refractivity contribution in [3.8, 4) is 11.1 Å². The Hall–Kier alpha value is -3.50. The zero-order valence-electron chi connectivity index (χ0n) is 21.2. The molecule has 4 atom stereocenters. The number of halogens is 3. The number of carbonyl (C=O) groups is 2. The Morgan fingerprint density at radius 2 is 1.87 bits per heavy atom. The predicted molar refractivity (Wildman–Crippen MR) is 141 cm³/mol. The molecule has 2 fully saturated rings. The normalized spacial score (nSPS) is 23.4. The van der Waals surface area contributed by atoms with Crippen molar-refractivity contribution in [1.29, 1.82) is 0 Å². The number of alkyl halides is 2. The average Bonchev–Trinajstić information content (AvgIpc) is 3.33. The van der Waals surface area contributed by atoms with Crippen molar-refractivity contribution in [1.82, 2.24) is 15.2 Å². The van der Waals surface area contributed by atoms with E-state index in [4.69, 9.17) is 11.6 Å². The maximum Gasteiger partial charge on any atom is 0.268 e. The average molecular weight is 556 g/mol. The summed E-state index contributed by atoms with van der Waals surface area (Å²) < 4.78 is 30.5. The van der Waals surface area contributed by atoms with E-state index in [0.717, 1.165) is 17.0 Å². The molecule has 6 rings (SSSR count). The maximum absolute atomic E-state index is 13.9. The minimum Gasteiger partial charge on any atom is -0.618 e. The second-order valence-electron chi connectivity index (χ2n) is 10.6. The third kappa shape index (κ3) is 4.55. The van der Waals surface area contributed by atoms with Crippen molar-refractivity contribution < 1.29 is 23.1 Å². The summed E-state index contributed by atoms with van der Waals surface area (Å²) in [6.07, 6.45) is 1.71. The molecule has 11 heteroatoms. The van der Waals surface area contributed by atoms with Crippen LogP contribution in [0.2, 0.25) is 5.02 Å². The van der Waals surface area contributed by atoms with E-state index in [1.165, 1.54) is 12.3 Å². The van der Waals surface area contributed by atoms with Gasteiger partial charge in [-0.1, -0.05) is 23.7 Å². The van der Waals surface area contributed by atoms with Gasteiger partial charge in [0, 0.05) is 55.8 Å². The number of nitrogens with one attached hydrogen (secondary N) is 3. The van der Waals surface area contributed by atoms with Gasteiger partial charge in [-0.15, -0.1) is 0 Å². The smallest absolute Gasteiger partial charge is 0.268 e. The number of nitrogens with zero attached hydrogens (tertiary/aromatic N) is 2. The van der Waals surface area contributed by atoms with Gasteiger partial charge in [-0.3, -0.25) is 9.59 Å². The van der Waals surface area contributed by atoms with Crippen LogP contribution < -0.4 is 20.7 Å². The summed E-state index contributed by atoms with van der Waals surface area (Å²) in [5, 5.41) is 21.4. The van der Waals surface area contributed by atoms with Crippen molar-refractivity contribution in [3.63, 3.8) is 0 Å². The van der Waals surface area contributed by atoms with E-state index in [0.29, 0.717) is 46.3 Å². The van der Waals surface area contributed by atoms with Gasteiger partial charge in [0.1, 0.15) is 11.7 Å². The highest BCUT2D eigenvalue weighted by molar-refractivity contribution is 6.33. The first-order valence-electron chi connectivity index (χ1n) is 13.0.